The Morgan fingerprint density at radius 3 is 2.50 bits per heavy atom. The number of nitrogens with one attached hydrogen (secondary N) is 1. The number of aliphatic hydroxyl groups excluding tert-OH is 1. The molecule has 0 spiro atoms. The molecule has 3 nitrogen and oxygen atoms in total. The van der Waals surface area contributed by atoms with Crippen LogP contribution in [0.4, 0.5) is 0 Å². The van der Waals surface area contributed by atoms with Gasteiger partial charge in [-0.3, -0.25) is 4.79 Å². The fraction of sp³-hybridized carbons (Fsp3) is 0.923. The van der Waals surface area contributed by atoms with Gasteiger partial charge in [0.05, 0.1) is 0 Å². The molecule has 0 aromatic heterocycles. The van der Waals surface area contributed by atoms with Crippen molar-refractivity contribution in [2.24, 2.45) is 23.7 Å². The molecule has 0 saturated heterocycles. The molecule has 0 radical (unpaired) electrons. The van der Waals surface area contributed by atoms with E-state index in [1.165, 1.54) is 12.8 Å². The third-order valence-corrected chi connectivity index (χ3v) is 4.29. The highest BCUT2D eigenvalue weighted by Gasteiger charge is 2.39. The van der Waals surface area contributed by atoms with Crippen LogP contribution in [0.15, 0.2) is 0 Å². The van der Waals surface area contributed by atoms with Crippen LogP contribution < -0.4 is 5.32 Å². The zero-order valence-electron chi connectivity index (χ0n) is 10.1. The quantitative estimate of drug-likeness (QED) is 0.763. The van der Waals surface area contributed by atoms with E-state index in [9.17, 15) is 9.90 Å². The third kappa shape index (κ3) is 2.76. The fourth-order valence-electron chi connectivity index (χ4n) is 2.84. The summed E-state index contributed by atoms with van der Waals surface area (Å²) in [6.45, 7) is 3.18. The monoisotopic (exact) mass is 225 g/mol. The highest BCUT2D eigenvalue weighted by molar-refractivity contribution is 5.81. The molecular weight excluding hydrogens is 202 g/mol. The van der Waals surface area contributed by atoms with Crippen molar-refractivity contribution >= 4 is 5.91 Å². The van der Waals surface area contributed by atoms with Gasteiger partial charge >= 0.3 is 0 Å². The molecule has 2 aliphatic rings. The lowest BCUT2D eigenvalue weighted by Gasteiger charge is -2.30. The number of hydrogen-bond acceptors (Lipinski definition) is 2. The Balaban J connectivity index is 1.73. The van der Waals surface area contributed by atoms with Gasteiger partial charge in [0, 0.05) is 19.1 Å². The van der Waals surface area contributed by atoms with Crippen molar-refractivity contribution in [3.05, 3.63) is 0 Å². The van der Waals surface area contributed by atoms with E-state index in [0.29, 0.717) is 17.8 Å². The predicted molar refractivity (Wildman–Crippen MR) is 62.8 cm³/mol. The number of amides is 1. The summed E-state index contributed by atoms with van der Waals surface area (Å²) in [5.41, 5.74) is 0. The summed E-state index contributed by atoms with van der Waals surface area (Å²) in [5, 5.41) is 12.3. The molecule has 92 valence electrons. The Bertz CT molecular complexity index is 254. The molecular formula is C13H23NO2. The molecule has 0 heterocycles. The Labute approximate surface area is 97.6 Å². The molecule has 0 aromatic carbocycles. The van der Waals surface area contributed by atoms with Crippen LogP contribution in [-0.4, -0.2) is 24.2 Å². The lowest BCUT2D eigenvalue weighted by atomic mass is 9.79. The Morgan fingerprint density at radius 2 is 1.94 bits per heavy atom. The first-order valence-corrected chi connectivity index (χ1v) is 6.61. The van der Waals surface area contributed by atoms with E-state index in [2.05, 4.69) is 12.2 Å². The second kappa shape index (κ2) is 5.17. The Morgan fingerprint density at radius 1 is 1.31 bits per heavy atom. The molecule has 0 bridgehead atoms. The highest BCUT2D eigenvalue weighted by atomic mass is 16.3. The van der Waals surface area contributed by atoms with Crippen LogP contribution in [0.5, 0.6) is 0 Å². The maximum atomic E-state index is 11.7. The van der Waals surface area contributed by atoms with Crippen molar-refractivity contribution in [3.8, 4) is 0 Å². The maximum absolute atomic E-state index is 11.7. The predicted octanol–water partition coefficient (Wildman–Crippen LogP) is 1.56. The van der Waals surface area contributed by atoms with Gasteiger partial charge in [-0.05, 0) is 37.0 Å². The summed E-state index contributed by atoms with van der Waals surface area (Å²) in [6, 6.07) is 0. The van der Waals surface area contributed by atoms with E-state index < -0.39 is 0 Å². The van der Waals surface area contributed by atoms with Crippen molar-refractivity contribution < 1.29 is 9.90 Å². The molecule has 4 atom stereocenters. The van der Waals surface area contributed by atoms with Gasteiger partial charge in [-0.25, -0.2) is 0 Å². The minimum Gasteiger partial charge on any atom is -0.396 e. The first kappa shape index (κ1) is 11.9. The second-order valence-electron chi connectivity index (χ2n) is 5.55. The van der Waals surface area contributed by atoms with Crippen LogP contribution in [0.25, 0.3) is 0 Å². The highest BCUT2D eigenvalue weighted by Crippen LogP contribution is 2.38. The van der Waals surface area contributed by atoms with Gasteiger partial charge in [-0.1, -0.05) is 19.8 Å². The fourth-order valence-corrected chi connectivity index (χ4v) is 2.84. The standard InChI is InChI=1S/C13H23NO2/c1-9-6-12(9)13(16)14-7-10-4-2-3-5-11(10)8-15/h9-12,15H,2-8H2,1H3,(H,14,16). The van der Waals surface area contributed by atoms with Crippen LogP contribution in [0.3, 0.4) is 0 Å². The van der Waals surface area contributed by atoms with Crippen LogP contribution in [0, 0.1) is 23.7 Å². The van der Waals surface area contributed by atoms with Crippen molar-refractivity contribution in [3.63, 3.8) is 0 Å². The van der Waals surface area contributed by atoms with Gasteiger partial charge in [0.2, 0.25) is 5.91 Å². The summed E-state index contributed by atoms with van der Waals surface area (Å²) in [5.74, 6) is 1.99. The van der Waals surface area contributed by atoms with Crippen LogP contribution in [0.2, 0.25) is 0 Å². The summed E-state index contributed by atoms with van der Waals surface area (Å²) in [4.78, 5) is 11.7. The largest absolute Gasteiger partial charge is 0.396 e. The third-order valence-electron chi connectivity index (χ3n) is 4.29. The molecule has 3 heteroatoms. The van der Waals surface area contributed by atoms with Gasteiger partial charge in [0.15, 0.2) is 0 Å². The minimum absolute atomic E-state index is 0.231. The van der Waals surface area contributed by atoms with Crippen molar-refractivity contribution in [1.82, 2.24) is 5.32 Å². The van der Waals surface area contributed by atoms with Gasteiger partial charge in [0.1, 0.15) is 0 Å². The van der Waals surface area contributed by atoms with Crippen LogP contribution in [0.1, 0.15) is 39.0 Å². The molecule has 2 rings (SSSR count). The normalized spacial score (nSPS) is 38.1. The summed E-state index contributed by atoms with van der Waals surface area (Å²) in [6.07, 6.45) is 5.81. The van der Waals surface area contributed by atoms with E-state index in [0.717, 1.165) is 25.8 Å². The molecule has 2 N–H and O–H groups in total. The van der Waals surface area contributed by atoms with E-state index >= 15 is 0 Å². The number of rotatable bonds is 4. The first-order valence-electron chi connectivity index (χ1n) is 6.61. The Kier molecular flexibility index (Phi) is 3.85. The SMILES string of the molecule is CC1CC1C(=O)NCC1CCCCC1CO. The maximum Gasteiger partial charge on any atom is 0.223 e. The molecule has 2 aliphatic carbocycles. The molecule has 0 aliphatic heterocycles. The van der Waals surface area contributed by atoms with E-state index in [-0.39, 0.29) is 18.4 Å². The van der Waals surface area contributed by atoms with Gasteiger partial charge < -0.3 is 10.4 Å². The topological polar surface area (TPSA) is 49.3 Å². The smallest absolute Gasteiger partial charge is 0.223 e. The van der Waals surface area contributed by atoms with Crippen molar-refractivity contribution in [1.29, 1.82) is 0 Å². The van der Waals surface area contributed by atoms with Crippen LogP contribution >= 0.6 is 0 Å². The molecule has 2 fully saturated rings. The summed E-state index contributed by atoms with van der Waals surface area (Å²) in [7, 11) is 0. The zero-order chi connectivity index (χ0) is 11.5. The summed E-state index contributed by atoms with van der Waals surface area (Å²) < 4.78 is 0. The van der Waals surface area contributed by atoms with E-state index in [4.69, 9.17) is 0 Å². The summed E-state index contributed by atoms with van der Waals surface area (Å²) >= 11 is 0. The molecule has 0 aromatic rings. The van der Waals surface area contributed by atoms with Crippen molar-refractivity contribution in [2.45, 2.75) is 39.0 Å². The van der Waals surface area contributed by atoms with Gasteiger partial charge in [-0.15, -0.1) is 0 Å². The van der Waals surface area contributed by atoms with Gasteiger partial charge in [0.25, 0.3) is 0 Å². The number of aliphatic hydroxyl groups is 1. The van der Waals surface area contributed by atoms with Gasteiger partial charge in [-0.2, -0.15) is 0 Å². The number of carbonyl (C=O) groups excluding carboxylic acids is 1. The van der Waals surface area contributed by atoms with E-state index in [1.54, 1.807) is 0 Å². The second-order valence-corrected chi connectivity index (χ2v) is 5.55. The zero-order valence-corrected chi connectivity index (χ0v) is 10.1. The number of carbonyl (C=O) groups is 1. The average molecular weight is 225 g/mol. The first-order chi connectivity index (χ1) is 7.72. The number of hydrogen-bond donors (Lipinski definition) is 2. The van der Waals surface area contributed by atoms with Crippen LogP contribution in [-0.2, 0) is 4.79 Å². The Hall–Kier alpha value is -0.570. The molecule has 2 saturated carbocycles. The molecule has 16 heavy (non-hydrogen) atoms. The van der Waals surface area contributed by atoms with E-state index in [1.807, 2.05) is 0 Å². The lowest BCUT2D eigenvalue weighted by Crippen LogP contribution is -2.36. The molecule has 1 amide bonds. The lowest BCUT2D eigenvalue weighted by molar-refractivity contribution is -0.122. The minimum atomic E-state index is 0.231. The average Bonchev–Trinajstić information content (AvgIpc) is 3.04. The van der Waals surface area contributed by atoms with Crippen molar-refractivity contribution in [2.75, 3.05) is 13.2 Å². The molecule has 4 unspecified atom stereocenters.